The Kier molecular flexibility index (Phi) is 3.40. The normalized spacial score (nSPS) is 27.5. The van der Waals surface area contributed by atoms with E-state index >= 15 is 0 Å². The second-order valence-electron chi connectivity index (χ2n) is 6.48. The van der Waals surface area contributed by atoms with Gasteiger partial charge in [-0.1, -0.05) is 44.1 Å². The molecule has 0 spiro atoms. The third kappa shape index (κ3) is 2.10. The molecule has 0 saturated heterocycles. The third-order valence-electron chi connectivity index (χ3n) is 4.89. The van der Waals surface area contributed by atoms with Crippen molar-refractivity contribution in [2.45, 2.75) is 54.0 Å². The van der Waals surface area contributed by atoms with Crippen molar-refractivity contribution >= 4 is 0 Å². The molecule has 0 amide bonds. The van der Waals surface area contributed by atoms with Gasteiger partial charge in [-0.2, -0.15) is 0 Å². The van der Waals surface area contributed by atoms with E-state index in [0.29, 0.717) is 11.8 Å². The summed E-state index contributed by atoms with van der Waals surface area (Å²) < 4.78 is 0. The molecule has 1 heteroatoms. The number of hydrogen-bond acceptors (Lipinski definition) is 1. The molecule has 0 aromatic rings. The summed E-state index contributed by atoms with van der Waals surface area (Å²) in [4.78, 5) is 0. The molecule has 16 heavy (non-hydrogen) atoms. The van der Waals surface area contributed by atoms with Gasteiger partial charge in [-0.15, -0.1) is 0 Å². The summed E-state index contributed by atoms with van der Waals surface area (Å²) in [6.45, 7) is 15.6. The molecular weight excluding hydrogens is 194 g/mol. The van der Waals surface area contributed by atoms with Crippen LogP contribution in [0.4, 0.5) is 0 Å². The van der Waals surface area contributed by atoms with Crippen LogP contribution in [-0.4, -0.2) is 5.54 Å². The topological polar surface area (TPSA) is 26.0 Å². The lowest BCUT2D eigenvalue weighted by molar-refractivity contribution is 0.110. The molecular formula is C15H27N. The van der Waals surface area contributed by atoms with E-state index in [1.54, 1.807) is 0 Å². The second-order valence-corrected chi connectivity index (χ2v) is 6.48. The quantitative estimate of drug-likeness (QED) is 0.751. The molecule has 0 radical (unpaired) electrons. The summed E-state index contributed by atoms with van der Waals surface area (Å²) in [5.74, 6) is 1.11. The predicted molar refractivity (Wildman–Crippen MR) is 72.2 cm³/mol. The maximum atomic E-state index is 6.34. The fraction of sp³-hybridized carbons (Fsp3) is 0.733. The smallest absolute Gasteiger partial charge is 0.0154 e. The molecule has 1 aliphatic carbocycles. The Morgan fingerprint density at radius 3 is 2.06 bits per heavy atom. The molecule has 0 fully saturated rings. The van der Waals surface area contributed by atoms with Gasteiger partial charge in [-0.25, -0.2) is 0 Å². The molecule has 1 nitrogen and oxygen atoms in total. The zero-order chi connectivity index (χ0) is 12.7. The summed E-state index contributed by atoms with van der Waals surface area (Å²) in [6.07, 6.45) is 4.61. The van der Waals surface area contributed by atoms with Gasteiger partial charge in [0.15, 0.2) is 0 Å². The van der Waals surface area contributed by atoms with E-state index in [1.165, 1.54) is 11.1 Å². The number of nitrogens with two attached hydrogens (primary N) is 1. The first kappa shape index (κ1) is 13.5. The van der Waals surface area contributed by atoms with E-state index < -0.39 is 0 Å². The highest BCUT2D eigenvalue weighted by Crippen LogP contribution is 2.45. The van der Waals surface area contributed by atoms with Crippen molar-refractivity contribution in [3.05, 3.63) is 23.3 Å². The van der Waals surface area contributed by atoms with Crippen LogP contribution in [0.2, 0.25) is 0 Å². The number of allylic oxidation sites excluding steroid dienone is 4. The Balaban J connectivity index is 3.07. The summed E-state index contributed by atoms with van der Waals surface area (Å²) in [6, 6.07) is 0. The predicted octanol–water partition coefficient (Wildman–Crippen LogP) is 3.91. The molecule has 0 bridgehead atoms. The number of hydrogen-bond donors (Lipinski definition) is 1. The van der Waals surface area contributed by atoms with Crippen molar-refractivity contribution < 1.29 is 0 Å². The molecule has 0 aliphatic heterocycles. The van der Waals surface area contributed by atoms with Crippen molar-refractivity contribution in [1.29, 1.82) is 0 Å². The van der Waals surface area contributed by atoms with Gasteiger partial charge in [0, 0.05) is 5.54 Å². The summed E-state index contributed by atoms with van der Waals surface area (Å²) in [5.41, 5.74) is 9.19. The van der Waals surface area contributed by atoms with Crippen LogP contribution in [0.5, 0.6) is 0 Å². The fourth-order valence-corrected chi connectivity index (χ4v) is 2.47. The standard InChI is InChI=1S/C15H27N/c1-10-8-9-13(12(3)11(10)2)14(4,5)15(6,7)16/h8-9,12-13H,16H2,1-7H3. The minimum atomic E-state index is -0.165. The van der Waals surface area contributed by atoms with Gasteiger partial charge in [0.25, 0.3) is 0 Å². The lowest BCUT2D eigenvalue weighted by Gasteiger charge is -2.47. The highest BCUT2D eigenvalue weighted by Gasteiger charge is 2.42. The lowest BCUT2D eigenvalue weighted by atomic mass is 9.60. The van der Waals surface area contributed by atoms with Crippen molar-refractivity contribution in [3.8, 4) is 0 Å². The second kappa shape index (κ2) is 4.03. The minimum absolute atomic E-state index is 0.102. The Hall–Kier alpha value is -0.560. The highest BCUT2D eigenvalue weighted by molar-refractivity contribution is 5.31. The van der Waals surface area contributed by atoms with Crippen molar-refractivity contribution in [3.63, 3.8) is 0 Å². The van der Waals surface area contributed by atoms with Gasteiger partial charge >= 0.3 is 0 Å². The van der Waals surface area contributed by atoms with Gasteiger partial charge in [0.2, 0.25) is 0 Å². The van der Waals surface area contributed by atoms with E-state index in [-0.39, 0.29) is 11.0 Å². The van der Waals surface area contributed by atoms with E-state index in [2.05, 4.69) is 60.6 Å². The van der Waals surface area contributed by atoms with Gasteiger partial charge < -0.3 is 5.73 Å². The Morgan fingerprint density at radius 2 is 1.62 bits per heavy atom. The zero-order valence-electron chi connectivity index (χ0n) is 11.9. The molecule has 2 atom stereocenters. The monoisotopic (exact) mass is 221 g/mol. The molecule has 1 aliphatic rings. The highest BCUT2D eigenvalue weighted by atomic mass is 14.8. The average Bonchev–Trinajstić information content (AvgIpc) is 2.12. The van der Waals surface area contributed by atoms with E-state index in [9.17, 15) is 0 Å². The molecule has 2 N–H and O–H groups in total. The molecule has 0 heterocycles. The maximum absolute atomic E-state index is 6.34. The number of rotatable bonds is 2. The van der Waals surface area contributed by atoms with Crippen LogP contribution in [0.25, 0.3) is 0 Å². The summed E-state index contributed by atoms with van der Waals surface area (Å²) in [7, 11) is 0. The van der Waals surface area contributed by atoms with Gasteiger partial charge in [0.1, 0.15) is 0 Å². The first-order valence-corrected chi connectivity index (χ1v) is 6.23. The molecule has 0 saturated carbocycles. The largest absolute Gasteiger partial charge is 0.325 e. The fourth-order valence-electron chi connectivity index (χ4n) is 2.47. The van der Waals surface area contributed by atoms with Crippen molar-refractivity contribution in [2.24, 2.45) is 23.0 Å². The molecule has 1 rings (SSSR count). The minimum Gasteiger partial charge on any atom is -0.325 e. The van der Waals surface area contributed by atoms with Gasteiger partial charge in [0.05, 0.1) is 0 Å². The first-order valence-electron chi connectivity index (χ1n) is 6.23. The van der Waals surface area contributed by atoms with Crippen LogP contribution >= 0.6 is 0 Å². The lowest BCUT2D eigenvalue weighted by Crippen LogP contribution is -2.52. The van der Waals surface area contributed by atoms with E-state index in [1.807, 2.05) is 0 Å². The molecule has 92 valence electrons. The van der Waals surface area contributed by atoms with Gasteiger partial charge in [-0.3, -0.25) is 0 Å². The van der Waals surface area contributed by atoms with Crippen LogP contribution in [0.3, 0.4) is 0 Å². The third-order valence-corrected chi connectivity index (χ3v) is 4.89. The average molecular weight is 221 g/mol. The van der Waals surface area contributed by atoms with Crippen LogP contribution in [0.15, 0.2) is 23.3 Å². The summed E-state index contributed by atoms with van der Waals surface area (Å²) >= 11 is 0. The van der Waals surface area contributed by atoms with E-state index in [0.717, 1.165) is 0 Å². The Bertz CT molecular complexity index is 326. The van der Waals surface area contributed by atoms with Crippen LogP contribution < -0.4 is 5.73 Å². The van der Waals surface area contributed by atoms with E-state index in [4.69, 9.17) is 5.73 Å². The van der Waals surface area contributed by atoms with Crippen LogP contribution in [0.1, 0.15) is 48.5 Å². The van der Waals surface area contributed by atoms with Crippen LogP contribution in [0, 0.1) is 17.3 Å². The summed E-state index contributed by atoms with van der Waals surface area (Å²) in [5, 5.41) is 0. The molecule has 2 unspecified atom stereocenters. The maximum Gasteiger partial charge on any atom is 0.0154 e. The molecule has 0 aromatic heterocycles. The SMILES string of the molecule is CC1=C(C)C(C)C(C(C)(C)C(C)(C)N)C=C1. The van der Waals surface area contributed by atoms with Crippen molar-refractivity contribution in [2.75, 3.05) is 0 Å². The van der Waals surface area contributed by atoms with Gasteiger partial charge in [-0.05, 0) is 44.9 Å². The zero-order valence-corrected chi connectivity index (χ0v) is 11.9. The Labute approximate surface area is 101 Å². The van der Waals surface area contributed by atoms with Crippen LogP contribution in [-0.2, 0) is 0 Å². The Morgan fingerprint density at radius 1 is 1.12 bits per heavy atom. The molecule has 0 aromatic carbocycles. The van der Waals surface area contributed by atoms with Crippen molar-refractivity contribution in [1.82, 2.24) is 0 Å². The first-order chi connectivity index (χ1) is 7.09.